The van der Waals surface area contributed by atoms with E-state index in [2.05, 4.69) is 22.5 Å². The van der Waals surface area contributed by atoms with E-state index in [1.54, 1.807) is 17.8 Å². The number of carbonyl (C=O) groups excluding carboxylic acids is 2. The van der Waals surface area contributed by atoms with Crippen LogP contribution in [0.3, 0.4) is 0 Å². The molecule has 1 N–H and O–H groups in total. The molecule has 2 aliphatic rings. The van der Waals surface area contributed by atoms with Crippen LogP contribution < -0.4 is 10.1 Å². The molecule has 0 radical (unpaired) electrons. The van der Waals surface area contributed by atoms with Gasteiger partial charge in [-0.15, -0.1) is 0 Å². The first-order chi connectivity index (χ1) is 16.1. The topological polar surface area (TPSA) is 79.2 Å². The van der Waals surface area contributed by atoms with E-state index in [4.69, 9.17) is 4.74 Å². The summed E-state index contributed by atoms with van der Waals surface area (Å²) in [5.41, 5.74) is 3.46. The number of carbonyl (C=O) groups is 2. The standard InChI is InChI=1S/C25H29N5O3/c1-33-21-6-4-5-20(16-21)27-25(32)29-12-7-18(8-13-29)19-9-14-30-23(15-19)22(17-26-30)24(31)28-10-2-3-11-28/h4-6,9,14-18H,2-3,7-8,10-13H2,1H3,(H,27,32). The van der Waals surface area contributed by atoms with E-state index in [1.807, 2.05) is 40.3 Å². The Morgan fingerprint density at radius 2 is 1.82 bits per heavy atom. The average molecular weight is 448 g/mol. The van der Waals surface area contributed by atoms with Crippen molar-refractivity contribution in [3.8, 4) is 5.75 Å². The monoisotopic (exact) mass is 447 g/mol. The van der Waals surface area contributed by atoms with E-state index in [1.165, 1.54) is 5.56 Å². The number of aromatic nitrogens is 2. The zero-order chi connectivity index (χ0) is 22.8. The second-order valence-electron chi connectivity index (χ2n) is 8.77. The molecule has 0 spiro atoms. The number of fused-ring (bicyclic) bond motifs is 1. The fourth-order valence-corrected chi connectivity index (χ4v) is 4.83. The molecule has 8 nitrogen and oxygen atoms in total. The predicted molar refractivity (Wildman–Crippen MR) is 126 cm³/mol. The SMILES string of the molecule is COc1cccc(NC(=O)N2CCC(c3ccn4ncc(C(=O)N5CCCC5)c4c3)CC2)c1. The summed E-state index contributed by atoms with van der Waals surface area (Å²) in [6.07, 6.45) is 7.52. The number of ether oxygens (including phenoxy) is 1. The van der Waals surface area contributed by atoms with Gasteiger partial charge in [0.25, 0.3) is 5.91 Å². The number of anilines is 1. The third-order valence-electron chi connectivity index (χ3n) is 6.74. The van der Waals surface area contributed by atoms with Crippen LogP contribution in [0.1, 0.15) is 47.5 Å². The Hall–Kier alpha value is -3.55. The third-order valence-corrected chi connectivity index (χ3v) is 6.74. The van der Waals surface area contributed by atoms with Gasteiger partial charge in [0.2, 0.25) is 0 Å². The van der Waals surface area contributed by atoms with Crippen LogP contribution in [0.15, 0.2) is 48.8 Å². The van der Waals surface area contributed by atoms with Gasteiger partial charge >= 0.3 is 6.03 Å². The van der Waals surface area contributed by atoms with E-state index in [-0.39, 0.29) is 11.9 Å². The highest BCUT2D eigenvalue weighted by Gasteiger charge is 2.26. The van der Waals surface area contributed by atoms with E-state index >= 15 is 0 Å². The van der Waals surface area contributed by atoms with Crippen LogP contribution in [0, 0.1) is 0 Å². The van der Waals surface area contributed by atoms with Crippen molar-refractivity contribution in [2.75, 3.05) is 38.6 Å². The summed E-state index contributed by atoms with van der Waals surface area (Å²) in [5.74, 6) is 1.13. The molecule has 2 fully saturated rings. The Bertz CT molecular complexity index is 1160. The molecular formula is C25H29N5O3. The van der Waals surface area contributed by atoms with Crippen LogP contribution in [-0.4, -0.2) is 64.6 Å². The summed E-state index contributed by atoms with van der Waals surface area (Å²) in [7, 11) is 1.61. The van der Waals surface area contributed by atoms with Crippen LogP contribution in [0.5, 0.6) is 5.75 Å². The van der Waals surface area contributed by atoms with Gasteiger partial charge in [0, 0.05) is 44.1 Å². The predicted octanol–water partition coefficient (Wildman–Crippen LogP) is 3.99. The molecule has 3 aromatic rings. The Kier molecular flexibility index (Phi) is 5.90. The van der Waals surface area contributed by atoms with Gasteiger partial charge in [0.05, 0.1) is 24.4 Å². The molecule has 0 bridgehead atoms. The number of hydrogen-bond donors (Lipinski definition) is 1. The van der Waals surface area contributed by atoms with Gasteiger partial charge in [-0.05, 0) is 61.4 Å². The molecule has 1 aromatic carbocycles. The van der Waals surface area contributed by atoms with Gasteiger partial charge in [-0.2, -0.15) is 5.10 Å². The minimum Gasteiger partial charge on any atom is -0.497 e. The quantitative estimate of drug-likeness (QED) is 0.656. The van der Waals surface area contributed by atoms with Crippen LogP contribution in [0.4, 0.5) is 10.5 Å². The molecule has 2 aromatic heterocycles. The molecule has 0 unspecified atom stereocenters. The first-order valence-electron chi connectivity index (χ1n) is 11.6. The highest BCUT2D eigenvalue weighted by Crippen LogP contribution is 2.30. The molecule has 33 heavy (non-hydrogen) atoms. The molecule has 2 saturated heterocycles. The number of rotatable bonds is 4. The summed E-state index contributed by atoms with van der Waals surface area (Å²) in [6.45, 7) is 3.02. The Labute approximate surface area is 193 Å². The maximum atomic E-state index is 12.9. The number of methoxy groups -OCH3 is 1. The molecule has 3 amide bonds. The number of piperidine rings is 1. The minimum absolute atomic E-state index is 0.0729. The van der Waals surface area contributed by atoms with Crippen LogP contribution in [-0.2, 0) is 0 Å². The lowest BCUT2D eigenvalue weighted by atomic mass is 9.89. The summed E-state index contributed by atoms with van der Waals surface area (Å²) in [6, 6.07) is 11.5. The molecule has 4 heterocycles. The number of benzene rings is 1. The summed E-state index contributed by atoms with van der Waals surface area (Å²) in [4.78, 5) is 29.4. The van der Waals surface area contributed by atoms with Crippen molar-refractivity contribution in [2.24, 2.45) is 0 Å². The lowest BCUT2D eigenvalue weighted by Crippen LogP contribution is -2.40. The molecule has 8 heteroatoms. The van der Waals surface area contributed by atoms with E-state index in [0.717, 1.165) is 50.0 Å². The molecule has 5 rings (SSSR count). The highest BCUT2D eigenvalue weighted by atomic mass is 16.5. The normalized spacial score (nSPS) is 16.9. The van der Waals surface area contributed by atoms with Crippen LogP contribution in [0.2, 0.25) is 0 Å². The lowest BCUT2D eigenvalue weighted by molar-refractivity contribution is 0.0794. The van der Waals surface area contributed by atoms with Crippen molar-refractivity contribution in [1.29, 1.82) is 0 Å². The number of amides is 3. The van der Waals surface area contributed by atoms with Gasteiger partial charge < -0.3 is 19.9 Å². The maximum Gasteiger partial charge on any atom is 0.321 e. The third kappa shape index (κ3) is 4.37. The molecule has 0 atom stereocenters. The zero-order valence-corrected chi connectivity index (χ0v) is 18.9. The summed E-state index contributed by atoms with van der Waals surface area (Å²) < 4.78 is 7.01. The molecule has 0 saturated carbocycles. The van der Waals surface area contributed by atoms with Gasteiger partial charge in [-0.1, -0.05) is 6.07 Å². The molecule has 0 aliphatic carbocycles. The largest absolute Gasteiger partial charge is 0.497 e. The highest BCUT2D eigenvalue weighted by molar-refractivity contribution is 6.00. The first-order valence-corrected chi connectivity index (χ1v) is 11.6. The lowest BCUT2D eigenvalue weighted by Gasteiger charge is -2.32. The number of nitrogens with one attached hydrogen (secondary N) is 1. The first kappa shape index (κ1) is 21.3. The fourth-order valence-electron chi connectivity index (χ4n) is 4.83. The number of hydrogen-bond acceptors (Lipinski definition) is 4. The van der Waals surface area contributed by atoms with Gasteiger partial charge in [-0.3, -0.25) is 4.79 Å². The molecular weight excluding hydrogens is 418 g/mol. The fraction of sp³-hybridized carbons (Fsp3) is 0.400. The van der Waals surface area contributed by atoms with Crippen molar-refractivity contribution in [3.05, 3.63) is 59.9 Å². The van der Waals surface area contributed by atoms with Crippen molar-refractivity contribution >= 4 is 23.1 Å². The Morgan fingerprint density at radius 3 is 2.58 bits per heavy atom. The van der Waals surface area contributed by atoms with E-state index < -0.39 is 0 Å². The second-order valence-corrected chi connectivity index (χ2v) is 8.77. The number of pyridine rings is 1. The van der Waals surface area contributed by atoms with Crippen molar-refractivity contribution in [2.45, 2.75) is 31.6 Å². The zero-order valence-electron chi connectivity index (χ0n) is 18.9. The second kappa shape index (κ2) is 9.13. The summed E-state index contributed by atoms with van der Waals surface area (Å²) >= 11 is 0. The van der Waals surface area contributed by atoms with E-state index in [9.17, 15) is 9.59 Å². The van der Waals surface area contributed by atoms with Crippen LogP contribution >= 0.6 is 0 Å². The average Bonchev–Trinajstić information content (AvgIpc) is 3.54. The number of likely N-dealkylation sites (tertiary alicyclic amines) is 2. The van der Waals surface area contributed by atoms with Crippen molar-refractivity contribution < 1.29 is 14.3 Å². The van der Waals surface area contributed by atoms with Crippen molar-refractivity contribution in [1.82, 2.24) is 19.4 Å². The maximum absolute atomic E-state index is 12.9. The number of urea groups is 1. The van der Waals surface area contributed by atoms with E-state index in [0.29, 0.717) is 30.3 Å². The van der Waals surface area contributed by atoms with Crippen LogP contribution in [0.25, 0.3) is 5.52 Å². The molecule has 2 aliphatic heterocycles. The Balaban J connectivity index is 1.25. The smallest absolute Gasteiger partial charge is 0.321 e. The van der Waals surface area contributed by atoms with Gasteiger partial charge in [-0.25, -0.2) is 9.31 Å². The Morgan fingerprint density at radius 1 is 1.03 bits per heavy atom. The van der Waals surface area contributed by atoms with Gasteiger partial charge in [0.1, 0.15) is 5.75 Å². The summed E-state index contributed by atoms with van der Waals surface area (Å²) in [5, 5.41) is 7.35. The van der Waals surface area contributed by atoms with Gasteiger partial charge in [0.15, 0.2) is 0 Å². The van der Waals surface area contributed by atoms with Crippen molar-refractivity contribution in [3.63, 3.8) is 0 Å². The number of nitrogens with zero attached hydrogens (tertiary/aromatic N) is 4. The molecule has 172 valence electrons. The minimum atomic E-state index is -0.0913.